The Morgan fingerprint density at radius 2 is 1.74 bits per heavy atom. The maximum atomic E-state index is 13.3. The van der Waals surface area contributed by atoms with Gasteiger partial charge in [0, 0.05) is 79.4 Å². The van der Waals surface area contributed by atoms with Gasteiger partial charge in [-0.3, -0.25) is 23.7 Å². The number of nitrogens with zero attached hydrogens (tertiary/aromatic N) is 4. The number of pyridine rings is 2. The molecule has 0 unspecified atom stereocenters. The fraction of sp³-hybridized carbons (Fsp3) is 0.270. The van der Waals surface area contributed by atoms with Crippen molar-refractivity contribution in [2.45, 2.75) is 32.0 Å². The molecule has 1 atom stereocenters. The molecule has 11 nitrogen and oxygen atoms in total. The molecule has 1 fully saturated rings. The molecule has 0 bridgehead atoms. The summed E-state index contributed by atoms with van der Waals surface area (Å²) in [5.41, 5.74) is 6.02. The number of rotatable bonds is 12. The number of halogens is 2. The van der Waals surface area contributed by atoms with Gasteiger partial charge in [0.05, 0.1) is 35.0 Å². The number of carbonyl (C=O) groups is 2. The second-order valence-electron chi connectivity index (χ2n) is 12.2. The second-order valence-corrected chi connectivity index (χ2v) is 13.0. The minimum Gasteiger partial charge on any atom is -0.481 e. The SMILES string of the molecule is CNC(=O)CN(C)Cc1cnc2cc(-c3cccc(-c4cccc(-c5ccc(CNC[C@H]6CCC(=O)N6)c(OC)n5)c4Cl)c3Cl)ccn2c1=O. The van der Waals surface area contributed by atoms with Crippen LogP contribution < -0.4 is 26.2 Å². The van der Waals surface area contributed by atoms with E-state index >= 15 is 0 Å². The van der Waals surface area contributed by atoms with Gasteiger partial charge in [-0.15, -0.1) is 0 Å². The fourth-order valence-electron chi connectivity index (χ4n) is 6.10. The fourth-order valence-corrected chi connectivity index (χ4v) is 6.76. The van der Waals surface area contributed by atoms with Gasteiger partial charge in [0.2, 0.25) is 17.7 Å². The highest BCUT2D eigenvalue weighted by atomic mass is 35.5. The van der Waals surface area contributed by atoms with Crippen LogP contribution in [0.25, 0.3) is 39.2 Å². The Labute approximate surface area is 299 Å². The van der Waals surface area contributed by atoms with Crippen LogP contribution in [0.2, 0.25) is 10.0 Å². The molecule has 0 saturated carbocycles. The zero-order chi connectivity index (χ0) is 35.4. The Balaban J connectivity index is 1.25. The van der Waals surface area contributed by atoms with Crippen molar-refractivity contribution in [2.75, 3.05) is 34.3 Å². The lowest BCUT2D eigenvalue weighted by atomic mass is 9.97. The van der Waals surface area contributed by atoms with Crippen molar-refractivity contribution in [1.82, 2.24) is 35.2 Å². The first kappa shape index (κ1) is 35.0. The molecule has 5 aromatic rings. The van der Waals surface area contributed by atoms with Gasteiger partial charge in [0.25, 0.3) is 5.56 Å². The summed E-state index contributed by atoms with van der Waals surface area (Å²) >= 11 is 14.2. The minimum atomic E-state index is -0.206. The Kier molecular flexibility index (Phi) is 10.8. The van der Waals surface area contributed by atoms with E-state index in [1.807, 2.05) is 60.7 Å². The van der Waals surface area contributed by atoms with Crippen molar-refractivity contribution in [2.24, 2.45) is 0 Å². The van der Waals surface area contributed by atoms with Crippen LogP contribution in [-0.4, -0.2) is 71.4 Å². The minimum absolute atomic E-state index is 0.0899. The van der Waals surface area contributed by atoms with E-state index in [0.717, 1.165) is 39.8 Å². The standard InChI is InChI=1S/C37H37Cl2N7O4/c1-40-33(48)21-45(2)20-24-18-42-31-16-22(14-15-46(31)37(24)49)26-6-4-7-27(34(26)38)28-8-5-9-29(35(28)39)30-12-10-23(36(44-30)50-3)17-41-19-25-11-13-32(47)43-25/h4-10,12,14-16,18,25,41H,11,13,17,19-21H2,1-3H3,(H,40,48)(H,43,47)/t25-/m1/s1. The van der Waals surface area contributed by atoms with Crippen molar-refractivity contribution in [3.8, 4) is 39.4 Å². The summed E-state index contributed by atoms with van der Waals surface area (Å²) < 4.78 is 7.13. The van der Waals surface area contributed by atoms with Crippen LogP contribution in [0.5, 0.6) is 5.88 Å². The lowest BCUT2D eigenvalue weighted by Gasteiger charge is -2.16. The normalized spacial score (nSPS) is 14.3. The summed E-state index contributed by atoms with van der Waals surface area (Å²) in [6.07, 6.45) is 4.62. The number of carbonyl (C=O) groups excluding carboxylic acids is 2. The zero-order valence-electron chi connectivity index (χ0n) is 27.9. The molecule has 0 radical (unpaired) electrons. The molecule has 2 amide bonds. The van der Waals surface area contributed by atoms with Crippen LogP contribution in [-0.2, 0) is 22.7 Å². The molecule has 258 valence electrons. The van der Waals surface area contributed by atoms with E-state index < -0.39 is 0 Å². The molecule has 2 aromatic carbocycles. The van der Waals surface area contributed by atoms with Crippen molar-refractivity contribution < 1.29 is 14.3 Å². The molecule has 0 aliphatic carbocycles. The van der Waals surface area contributed by atoms with Crippen LogP contribution >= 0.6 is 23.2 Å². The van der Waals surface area contributed by atoms with Gasteiger partial charge in [0.1, 0.15) is 5.65 Å². The Morgan fingerprint density at radius 3 is 2.44 bits per heavy atom. The highest BCUT2D eigenvalue weighted by Crippen LogP contribution is 2.42. The van der Waals surface area contributed by atoms with Gasteiger partial charge in [-0.05, 0) is 37.2 Å². The number of fused-ring (bicyclic) bond motifs is 1. The molecule has 1 aliphatic rings. The van der Waals surface area contributed by atoms with Gasteiger partial charge < -0.3 is 20.7 Å². The quantitative estimate of drug-likeness (QED) is 0.166. The van der Waals surface area contributed by atoms with Gasteiger partial charge >= 0.3 is 0 Å². The van der Waals surface area contributed by atoms with Gasteiger partial charge in [-0.1, -0.05) is 65.7 Å². The van der Waals surface area contributed by atoms with Gasteiger partial charge in [0.15, 0.2) is 0 Å². The molecule has 1 saturated heterocycles. The topological polar surface area (TPSA) is 130 Å². The predicted octanol–water partition coefficient (Wildman–Crippen LogP) is 4.95. The number of amides is 2. The number of methoxy groups -OCH3 is 1. The first-order chi connectivity index (χ1) is 24.2. The molecule has 6 rings (SSSR count). The number of nitrogens with one attached hydrogen (secondary N) is 3. The van der Waals surface area contributed by atoms with Crippen molar-refractivity contribution in [1.29, 1.82) is 0 Å². The molecular weight excluding hydrogens is 677 g/mol. The second kappa shape index (κ2) is 15.4. The Morgan fingerprint density at radius 1 is 1.02 bits per heavy atom. The Bertz CT molecular complexity index is 2140. The van der Waals surface area contributed by atoms with Crippen molar-refractivity contribution >= 4 is 40.7 Å². The highest BCUT2D eigenvalue weighted by molar-refractivity contribution is 6.39. The molecule has 0 spiro atoms. The van der Waals surface area contributed by atoms with Gasteiger partial charge in [-0.25, -0.2) is 9.97 Å². The Hall–Kier alpha value is -4.81. The molecule has 50 heavy (non-hydrogen) atoms. The molecule has 4 heterocycles. The predicted molar refractivity (Wildman–Crippen MR) is 195 cm³/mol. The molecule has 3 N–H and O–H groups in total. The number of aromatic nitrogens is 3. The van der Waals surface area contributed by atoms with Crippen LogP contribution in [0.3, 0.4) is 0 Å². The third-order valence-corrected chi connectivity index (χ3v) is 9.53. The third-order valence-electron chi connectivity index (χ3n) is 8.71. The maximum Gasteiger partial charge on any atom is 0.262 e. The van der Waals surface area contributed by atoms with Crippen LogP contribution in [0.15, 0.2) is 77.9 Å². The maximum absolute atomic E-state index is 13.3. The van der Waals surface area contributed by atoms with Crippen LogP contribution in [0, 0.1) is 0 Å². The van der Waals surface area contributed by atoms with E-state index in [9.17, 15) is 14.4 Å². The number of hydrogen-bond donors (Lipinski definition) is 3. The largest absolute Gasteiger partial charge is 0.481 e. The first-order valence-electron chi connectivity index (χ1n) is 16.2. The average molecular weight is 715 g/mol. The molecule has 13 heteroatoms. The lowest BCUT2D eigenvalue weighted by molar-refractivity contribution is -0.121. The van der Waals surface area contributed by atoms with E-state index in [4.69, 9.17) is 32.9 Å². The molecule has 3 aromatic heterocycles. The highest BCUT2D eigenvalue weighted by Gasteiger charge is 2.21. The van der Waals surface area contributed by atoms with E-state index in [-0.39, 0.29) is 36.5 Å². The number of likely N-dealkylation sites (N-methyl/N-ethyl adjacent to an activating group) is 2. The summed E-state index contributed by atoms with van der Waals surface area (Å²) in [4.78, 5) is 47.6. The summed E-state index contributed by atoms with van der Waals surface area (Å²) in [6, 6.07) is 19.1. The third kappa shape index (κ3) is 7.51. The first-order valence-corrected chi connectivity index (χ1v) is 16.9. The number of benzene rings is 2. The van der Waals surface area contributed by atoms with Crippen LogP contribution in [0.1, 0.15) is 24.0 Å². The number of hydrogen-bond acceptors (Lipinski definition) is 8. The van der Waals surface area contributed by atoms with Gasteiger partial charge in [-0.2, -0.15) is 0 Å². The van der Waals surface area contributed by atoms with E-state index in [0.29, 0.717) is 52.3 Å². The molecule has 1 aliphatic heterocycles. The van der Waals surface area contributed by atoms with E-state index in [1.165, 1.54) is 4.40 Å². The zero-order valence-corrected chi connectivity index (χ0v) is 29.4. The van der Waals surface area contributed by atoms with E-state index in [2.05, 4.69) is 20.9 Å². The average Bonchev–Trinajstić information content (AvgIpc) is 3.54. The molecular formula is C37H37Cl2N7O4. The monoisotopic (exact) mass is 713 g/mol. The summed E-state index contributed by atoms with van der Waals surface area (Å²) in [5.74, 6) is 0.438. The van der Waals surface area contributed by atoms with E-state index in [1.54, 1.807) is 38.5 Å². The summed E-state index contributed by atoms with van der Waals surface area (Å²) in [7, 11) is 4.93. The van der Waals surface area contributed by atoms with Crippen LogP contribution in [0.4, 0.5) is 0 Å². The van der Waals surface area contributed by atoms with Crippen molar-refractivity contribution in [3.63, 3.8) is 0 Å². The lowest BCUT2D eigenvalue weighted by Crippen LogP contribution is -2.35. The summed E-state index contributed by atoms with van der Waals surface area (Å²) in [6.45, 7) is 1.65. The number of ether oxygens (including phenoxy) is 1. The van der Waals surface area contributed by atoms with Crippen molar-refractivity contribution in [3.05, 3.63) is 105 Å². The summed E-state index contributed by atoms with van der Waals surface area (Å²) in [5, 5.41) is 9.92. The smallest absolute Gasteiger partial charge is 0.262 e.